The molecule has 1 aromatic carbocycles. The monoisotopic (exact) mass is 254 g/mol. The molecule has 0 aliphatic rings. The summed E-state index contributed by atoms with van der Waals surface area (Å²) in [5.74, 6) is -0.285. The van der Waals surface area contributed by atoms with Gasteiger partial charge in [-0.25, -0.2) is 4.39 Å². The van der Waals surface area contributed by atoms with Crippen molar-refractivity contribution < 1.29 is 4.39 Å². The van der Waals surface area contributed by atoms with Crippen molar-refractivity contribution in [3.8, 4) is 0 Å². The fourth-order valence-electron chi connectivity index (χ4n) is 1.08. The average Bonchev–Trinajstić information content (AvgIpc) is 2.59. The minimum atomic E-state index is -0.285. The Balaban J connectivity index is 2.31. The van der Waals surface area contributed by atoms with Gasteiger partial charge in [0.15, 0.2) is 0 Å². The Hall–Kier alpha value is -1.60. The highest BCUT2D eigenvalue weighted by Gasteiger charge is 1.93. The summed E-state index contributed by atoms with van der Waals surface area (Å²) in [4.78, 5) is 0. The first-order chi connectivity index (χ1) is 7.66. The molecule has 0 fully saturated rings. The summed E-state index contributed by atoms with van der Waals surface area (Å²) in [5.41, 5.74) is 0.763. The van der Waals surface area contributed by atoms with Crippen LogP contribution in [0, 0.1) is 15.4 Å². The predicted molar refractivity (Wildman–Crippen MR) is 64.2 cm³/mol. The predicted octanol–water partition coefficient (Wildman–Crippen LogP) is 2.62. The largest absolute Gasteiger partial charge is 0.273 e. The second-order valence-corrected chi connectivity index (χ2v) is 3.74. The highest BCUT2D eigenvalue weighted by Crippen LogP contribution is 2.00. The molecule has 0 spiro atoms. The Bertz CT molecular complexity index is 592. The number of nitrogens with zero attached hydrogens (tertiary/aromatic N) is 2. The molecule has 0 saturated carbocycles. The van der Waals surface area contributed by atoms with Gasteiger partial charge >= 0.3 is 0 Å². The molecule has 2 rings (SSSR count). The molecule has 0 radical (unpaired) electrons. The van der Waals surface area contributed by atoms with Crippen LogP contribution in [0.4, 0.5) is 4.39 Å². The van der Waals surface area contributed by atoms with Crippen molar-refractivity contribution in [1.29, 1.82) is 0 Å². The highest BCUT2D eigenvalue weighted by molar-refractivity contribution is 7.72. The first kappa shape index (κ1) is 10.9. The van der Waals surface area contributed by atoms with Crippen LogP contribution in [0.1, 0.15) is 5.56 Å². The van der Waals surface area contributed by atoms with Crippen molar-refractivity contribution in [3.05, 3.63) is 45.2 Å². The van der Waals surface area contributed by atoms with Gasteiger partial charge in [0.25, 0.3) is 0 Å². The topological polar surface area (TPSA) is 48.9 Å². The molecule has 0 unspecified atom stereocenters. The van der Waals surface area contributed by atoms with Crippen molar-refractivity contribution in [2.45, 2.75) is 0 Å². The van der Waals surface area contributed by atoms with Gasteiger partial charge in [-0.2, -0.15) is 9.78 Å². The van der Waals surface area contributed by atoms with E-state index in [9.17, 15) is 4.39 Å². The Kier molecular flexibility index (Phi) is 3.07. The van der Waals surface area contributed by atoms with Crippen LogP contribution in [-0.2, 0) is 0 Å². The van der Waals surface area contributed by atoms with Gasteiger partial charge in [0.1, 0.15) is 5.82 Å². The van der Waals surface area contributed by atoms with Crippen LogP contribution in [0.5, 0.6) is 0 Å². The molecule has 0 amide bonds. The summed E-state index contributed by atoms with van der Waals surface area (Å²) in [6.07, 6.45) is 1.55. The van der Waals surface area contributed by atoms with Gasteiger partial charge in [0.2, 0.25) is 9.54 Å². The second kappa shape index (κ2) is 4.50. The molecule has 0 bridgehead atoms. The molecule has 1 aromatic heterocycles. The minimum absolute atomic E-state index is 0.285. The quantitative estimate of drug-likeness (QED) is 0.639. The van der Waals surface area contributed by atoms with E-state index < -0.39 is 0 Å². The Morgan fingerprint density at radius 2 is 1.69 bits per heavy atom. The van der Waals surface area contributed by atoms with E-state index in [2.05, 4.69) is 15.3 Å². The van der Waals surface area contributed by atoms with E-state index in [0.717, 1.165) is 5.56 Å². The van der Waals surface area contributed by atoms with E-state index >= 15 is 0 Å². The molecule has 0 aliphatic carbocycles. The maximum Gasteiger partial charge on any atom is 0.215 e. The first-order valence-electron chi connectivity index (χ1n) is 4.36. The number of rotatable bonds is 2. The van der Waals surface area contributed by atoms with E-state index in [1.807, 2.05) is 0 Å². The SMILES string of the molecule is Fc1ccc(/C=N\n2c(=S)[nH][nH]c2=S)cc1. The van der Waals surface area contributed by atoms with Gasteiger partial charge in [-0.05, 0) is 42.1 Å². The number of nitrogens with one attached hydrogen (secondary N) is 2. The van der Waals surface area contributed by atoms with Gasteiger partial charge in [0, 0.05) is 0 Å². The van der Waals surface area contributed by atoms with Crippen LogP contribution in [0.2, 0.25) is 0 Å². The van der Waals surface area contributed by atoms with Crippen molar-refractivity contribution in [3.63, 3.8) is 0 Å². The highest BCUT2D eigenvalue weighted by atomic mass is 32.1. The Morgan fingerprint density at radius 1 is 1.12 bits per heavy atom. The summed E-state index contributed by atoms with van der Waals surface area (Å²) < 4.78 is 14.8. The summed E-state index contributed by atoms with van der Waals surface area (Å²) in [6, 6.07) is 5.95. The van der Waals surface area contributed by atoms with Crippen LogP contribution >= 0.6 is 24.4 Å². The molecule has 0 saturated heterocycles. The van der Waals surface area contributed by atoms with Crippen LogP contribution in [-0.4, -0.2) is 21.1 Å². The maximum absolute atomic E-state index is 12.6. The van der Waals surface area contributed by atoms with Gasteiger partial charge in [-0.1, -0.05) is 12.1 Å². The lowest BCUT2D eigenvalue weighted by atomic mass is 10.2. The third-order valence-corrected chi connectivity index (χ3v) is 2.40. The van der Waals surface area contributed by atoms with Crippen molar-refractivity contribution in [2.75, 3.05) is 0 Å². The van der Waals surface area contributed by atoms with Crippen LogP contribution in [0.3, 0.4) is 0 Å². The van der Waals surface area contributed by atoms with E-state index in [0.29, 0.717) is 9.54 Å². The molecule has 0 atom stereocenters. The maximum atomic E-state index is 12.6. The third kappa shape index (κ3) is 2.31. The third-order valence-electron chi connectivity index (χ3n) is 1.85. The lowest BCUT2D eigenvalue weighted by Gasteiger charge is -1.92. The molecular formula is C9H7FN4S2. The molecule has 82 valence electrons. The van der Waals surface area contributed by atoms with E-state index in [1.165, 1.54) is 16.8 Å². The zero-order chi connectivity index (χ0) is 11.5. The Morgan fingerprint density at radius 3 is 2.25 bits per heavy atom. The van der Waals surface area contributed by atoms with Gasteiger partial charge in [-0.15, -0.1) is 0 Å². The molecule has 2 N–H and O–H groups in total. The molecule has 16 heavy (non-hydrogen) atoms. The fraction of sp³-hybridized carbons (Fsp3) is 0. The molecule has 7 heteroatoms. The smallest absolute Gasteiger partial charge is 0.215 e. The van der Waals surface area contributed by atoms with Gasteiger partial charge in [0.05, 0.1) is 6.21 Å². The fourth-order valence-corrected chi connectivity index (χ4v) is 1.52. The van der Waals surface area contributed by atoms with Crippen LogP contribution in [0.25, 0.3) is 0 Å². The standard InChI is InChI=1S/C9H7FN4S2/c10-7-3-1-6(2-4-7)5-11-14-8(15)12-13-9(14)16/h1-5H,(H,12,15)(H,13,16)/b11-5-. The zero-order valence-corrected chi connectivity index (χ0v) is 9.61. The first-order valence-corrected chi connectivity index (χ1v) is 5.18. The van der Waals surface area contributed by atoms with E-state index in [1.54, 1.807) is 18.3 Å². The summed E-state index contributed by atoms with van der Waals surface area (Å²) >= 11 is 9.89. The molecule has 0 aliphatic heterocycles. The normalized spacial score (nSPS) is 11.1. The second-order valence-electron chi connectivity index (χ2n) is 2.97. The van der Waals surface area contributed by atoms with Gasteiger partial charge in [-0.3, -0.25) is 10.2 Å². The van der Waals surface area contributed by atoms with Crippen LogP contribution < -0.4 is 0 Å². The number of hydrogen-bond acceptors (Lipinski definition) is 3. The lowest BCUT2D eigenvalue weighted by molar-refractivity contribution is 0.628. The zero-order valence-electron chi connectivity index (χ0n) is 7.98. The minimum Gasteiger partial charge on any atom is -0.273 e. The molecule has 1 heterocycles. The number of H-pyrrole nitrogens is 2. The number of hydrogen-bond donors (Lipinski definition) is 2. The summed E-state index contributed by atoms with van der Waals surface area (Å²) in [7, 11) is 0. The van der Waals surface area contributed by atoms with Crippen molar-refractivity contribution >= 4 is 30.7 Å². The molecule has 4 nitrogen and oxygen atoms in total. The number of aromatic amines is 2. The van der Waals surface area contributed by atoms with E-state index in [4.69, 9.17) is 24.4 Å². The molecular weight excluding hydrogens is 247 g/mol. The lowest BCUT2D eigenvalue weighted by Crippen LogP contribution is -1.90. The Labute approximate surface area is 100 Å². The van der Waals surface area contributed by atoms with Gasteiger partial charge < -0.3 is 0 Å². The number of benzene rings is 1. The van der Waals surface area contributed by atoms with E-state index in [-0.39, 0.29) is 5.82 Å². The summed E-state index contributed by atoms with van der Waals surface area (Å²) in [6.45, 7) is 0. The van der Waals surface area contributed by atoms with Crippen LogP contribution in [0.15, 0.2) is 29.4 Å². The average molecular weight is 254 g/mol. The summed E-state index contributed by atoms with van der Waals surface area (Å²) in [5, 5.41) is 9.38. The number of halogens is 1. The molecule has 2 aromatic rings. The number of aromatic nitrogens is 3. The van der Waals surface area contributed by atoms with Crippen molar-refractivity contribution in [2.24, 2.45) is 5.10 Å². The van der Waals surface area contributed by atoms with Crippen molar-refractivity contribution in [1.82, 2.24) is 14.9 Å².